The number of benzene rings is 1. The molecule has 0 aliphatic heterocycles. The van der Waals surface area contributed by atoms with Gasteiger partial charge in [0.25, 0.3) is 0 Å². The summed E-state index contributed by atoms with van der Waals surface area (Å²) < 4.78 is 5.55. The standard InChI is InChI=1S/C20H27N5O2/c1-16-6-5-11-23-18(16)9-13-25(19(21)22)20(26)24-12-15-27-14-10-17-7-3-2-4-8-17/h2-8,11H,9-10,12-15H2,1H3,(H3,21,22)(H,24,26). The van der Waals surface area contributed by atoms with Crippen molar-refractivity contribution in [2.24, 2.45) is 5.73 Å². The first-order chi connectivity index (χ1) is 13.1. The highest BCUT2D eigenvalue weighted by molar-refractivity contribution is 5.93. The minimum Gasteiger partial charge on any atom is -0.379 e. The Morgan fingerprint density at radius 2 is 1.96 bits per heavy atom. The van der Waals surface area contributed by atoms with Gasteiger partial charge < -0.3 is 15.8 Å². The molecule has 0 saturated heterocycles. The number of ether oxygens (including phenoxy) is 1. The zero-order valence-corrected chi connectivity index (χ0v) is 15.6. The topological polar surface area (TPSA) is 104 Å². The Balaban J connectivity index is 1.68. The fourth-order valence-corrected chi connectivity index (χ4v) is 2.59. The number of hydrogen-bond donors (Lipinski definition) is 3. The van der Waals surface area contributed by atoms with Crippen LogP contribution in [0, 0.1) is 12.3 Å². The van der Waals surface area contributed by atoms with Gasteiger partial charge in [-0.25, -0.2) is 4.79 Å². The van der Waals surface area contributed by atoms with Crippen molar-refractivity contribution in [1.82, 2.24) is 15.2 Å². The Hall–Kier alpha value is -2.93. The first-order valence-corrected chi connectivity index (χ1v) is 8.99. The van der Waals surface area contributed by atoms with Crippen LogP contribution in [0.1, 0.15) is 16.8 Å². The Bertz CT molecular complexity index is 736. The van der Waals surface area contributed by atoms with Gasteiger partial charge in [0.15, 0.2) is 5.96 Å². The summed E-state index contributed by atoms with van der Waals surface area (Å²) in [6.07, 6.45) is 3.08. The van der Waals surface area contributed by atoms with Gasteiger partial charge in [0.05, 0.1) is 13.2 Å². The predicted octanol–water partition coefficient (Wildman–Crippen LogP) is 2.10. The van der Waals surface area contributed by atoms with E-state index < -0.39 is 6.03 Å². The summed E-state index contributed by atoms with van der Waals surface area (Å²) in [5.41, 5.74) is 8.71. The molecule has 0 unspecified atom stereocenters. The predicted molar refractivity (Wildman–Crippen MR) is 106 cm³/mol. The number of rotatable bonds is 9. The fraction of sp³-hybridized carbons (Fsp3) is 0.350. The van der Waals surface area contributed by atoms with Gasteiger partial charge >= 0.3 is 6.03 Å². The molecule has 0 bridgehead atoms. The maximum atomic E-state index is 12.3. The highest BCUT2D eigenvalue weighted by Gasteiger charge is 2.16. The molecule has 27 heavy (non-hydrogen) atoms. The Labute approximate surface area is 160 Å². The van der Waals surface area contributed by atoms with E-state index in [9.17, 15) is 4.79 Å². The molecule has 4 N–H and O–H groups in total. The first-order valence-electron chi connectivity index (χ1n) is 8.99. The molecule has 0 fully saturated rings. The molecule has 1 aromatic carbocycles. The Morgan fingerprint density at radius 3 is 2.67 bits per heavy atom. The molecule has 2 rings (SSSR count). The van der Waals surface area contributed by atoms with Crippen LogP contribution in [0.2, 0.25) is 0 Å². The molecular weight excluding hydrogens is 342 g/mol. The van der Waals surface area contributed by atoms with E-state index in [4.69, 9.17) is 15.9 Å². The minimum atomic E-state index is -0.400. The smallest absolute Gasteiger partial charge is 0.324 e. The molecule has 0 aliphatic carbocycles. The first kappa shape index (κ1) is 20.4. The normalized spacial score (nSPS) is 10.4. The molecule has 1 aromatic heterocycles. The van der Waals surface area contributed by atoms with Gasteiger partial charge in [-0.1, -0.05) is 36.4 Å². The fourth-order valence-electron chi connectivity index (χ4n) is 2.59. The van der Waals surface area contributed by atoms with E-state index >= 15 is 0 Å². The number of aromatic nitrogens is 1. The van der Waals surface area contributed by atoms with Crippen LogP contribution in [0.25, 0.3) is 0 Å². The second-order valence-corrected chi connectivity index (χ2v) is 6.13. The number of nitrogens with one attached hydrogen (secondary N) is 2. The molecule has 0 aliphatic rings. The summed E-state index contributed by atoms with van der Waals surface area (Å²) in [5, 5.41) is 10.4. The second kappa shape index (κ2) is 10.9. The summed E-state index contributed by atoms with van der Waals surface area (Å²) in [7, 11) is 0. The third-order valence-corrected chi connectivity index (χ3v) is 4.13. The number of guanidine groups is 1. The molecule has 0 saturated carbocycles. The van der Waals surface area contributed by atoms with Crippen LogP contribution in [-0.2, 0) is 17.6 Å². The van der Waals surface area contributed by atoms with E-state index in [1.807, 2.05) is 37.3 Å². The minimum absolute atomic E-state index is 0.286. The summed E-state index contributed by atoms with van der Waals surface area (Å²) in [4.78, 5) is 17.8. The highest BCUT2D eigenvalue weighted by atomic mass is 16.5. The summed E-state index contributed by atoms with van der Waals surface area (Å²) in [6, 6.07) is 13.5. The van der Waals surface area contributed by atoms with Crippen molar-refractivity contribution in [3.8, 4) is 0 Å². The Kier molecular flexibility index (Phi) is 8.25. The number of amides is 2. The average molecular weight is 369 g/mol. The highest BCUT2D eigenvalue weighted by Crippen LogP contribution is 2.05. The molecule has 0 radical (unpaired) electrons. The van der Waals surface area contributed by atoms with E-state index in [2.05, 4.69) is 22.4 Å². The van der Waals surface area contributed by atoms with Gasteiger partial charge in [0.2, 0.25) is 0 Å². The van der Waals surface area contributed by atoms with E-state index in [0.29, 0.717) is 32.7 Å². The third-order valence-electron chi connectivity index (χ3n) is 4.13. The van der Waals surface area contributed by atoms with Crippen molar-refractivity contribution in [1.29, 1.82) is 5.41 Å². The van der Waals surface area contributed by atoms with Crippen LogP contribution in [0.3, 0.4) is 0 Å². The molecular formula is C20H27N5O2. The number of carbonyl (C=O) groups is 1. The summed E-state index contributed by atoms with van der Waals surface area (Å²) >= 11 is 0. The van der Waals surface area contributed by atoms with Crippen molar-refractivity contribution in [3.05, 3.63) is 65.5 Å². The van der Waals surface area contributed by atoms with Crippen LogP contribution < -0.4 is 11.1 Å². The third kappa shape index (κ3) is 7.07. The monoisotopic (exact) mass is 369 g/mol. The number of urea groups is 1. The molecule has 144 valence electrons. The number of aryl methyl sites for hydroxylation is 1. The molecule has 7 nitrogen and oxygen atoms in total. The number of nitrogens with two attached hydrogens (primary N) is 1. The van der Waals surface area contributed by atoms with E-state index in [1.165, 1.54) is 10.5 Å². The molecule has 0 spiro atoms. The van der Waals surface area contributed by atoms with Gasteiger partial charge in [-0.3, -0.25) is 15.3 Å². The van der Waals surface area contributed by atoms with E-state index in [-0.39, 0.29) is 5.96 Å². The average Bonchev–Trinajstić information content (AvgIpc) is 2.66. The molecule has 0 atom stereocenters. The maximum Gasteiger partial charge on any atom is 0.324 e. The molecule has 1 heterocycles. The zero-order chi connectivity index (χ0) is 19.5. The largest absolute Gasteiger partial charge is 0.379 e. The number of carbonyl (C=O) groups excluding carboxylic acids is 1. The maximum absolute atomic E-state index is 12.3. The quantitative estimate of drug-likeness (QED) is 0.358. The number of hydrogen-bond acceptors (Lipinski definition) is 4. The van der Waals surface area contributed by atoms with Gasteiger partial charge in [-0.05, 0) is 30.5 Å². The van der Waals surface area contributed by atoms with Crippen LogP contribution in [0.5, 0.6) is 0 Å². The summed E-state index contributed by atoms with van der Waals surface area (Å²) in [5.74, 6) is -0.286. The van der Waals surface area contributed by atoms with Crippen molar-refractivity contribution < 1.29 is 9.53 Å². The van der Waals surface area contributed by atoms with Crippen molar-refractivity contribution >= 4 is 12.0 Å². The van der Waals surface area contributed by atoms with Crippen LogP contribution in [0.4, 0.5) is 4.79 Å². The molecule has 7 heteroatoms. The van der Waals surface area contributed by atoms with Gasteiger partial charge in [-0.15, -0.1) is 0 Å². The zero-order valence-electron chi connectivity index (χ0n) is 15.6. The van der Waals surface area contributed by atoms with Gasteiger partial charge in [0, 0.05) is 31.4 Å². The second-order valence-electron chi connectivity index (χ2n) is 6.13. The molecule has 2 amide bonds. The van der Waals surface area contributed by atoms with E-state index in [1.54, 1.807) is 6.20 Å². The van der Waals surface area contributed by atoms with Crippen molar-refractivity contribution in [2.75, 3.05) is 26.3 Å². The van der Waals surface area contributed by atoms with Crippen LogP contribution in [-0.4, -0.2) is 48.2 Å². The number of nitrogens with zero attached hydrogens (tertiary/aromatic N) is 2. The van der Waals surface area contributed by atoms with Crippen molar-refractivity contribution in [2.45, 2.75) is 19.8 Å². The van der Waals surface area contributed by atoms with Gasteiger partial charge in [0.1, 0.15) is 0 Å². The lowest BCUT2D eigenvalue weighted by molar-refractivity contribution is 0.138. The molecule has 2 aromatic rings. The number of pyridine rings is 1. The van der Waals surface area contributed by atoms with E-state index in [0.717, 1.165) is 17.7 Å². The lowest BCUT2D eigenvalue weighted by Gasteiger charge is -2.21. The Morgan fingerprint density at radius 1 is 1.19 bits per heavy atom. The lowest BCUT2D eigenvalue weighted by atomic mass is 10.1. The van der Waals surface area contributed by atoms with Gasteiger partial charge in [-0.2, -0.15) is 0 Å². The summed E-state index contributed by atoms with van der Waals surface area (Å²) in [6.45, 7) is 3.63. The lowest BCUT2D eigenvalue weighted by Crippen LogP contribution is -2.48. The van der Waals surface area contributed by atoms with Crippen LogP contribution in [0.15, 0.2) is 48.7 Å². The van der Waals surface area contributed by atoms with Crippen molar-refractivity contribution in [3.63, 3.8) is 0 Å². The SMILES string of the molecule is Cc1cccnc1CCN(C(=N)N)C(=O)NCCOCCc1ccccc1. The van der Waals surface area contributed by atoms with Crippen LogP contribution >= 0.6 is 0 Å².